The fourth-order valence-corrected chi connectivity index (χ4v) is 8.91. The third kappa shape index (κ3) is 3.18. The molecule has 32 heavy (non-hydrogen) atoms. The number of pyridine rings is 1. The molecule has 0 unspecified atom stereocenters. The molecule has 0 bridgehead atoms. The zero-order valence-electron chi connectivity index (χ0n) is 19.5. The Kier molecular flexibility index (Phi) is 4.80. The second-order valence-electron chi connectivity index (χ2n) is 12.0. The van der Waals surface area contributed by atoms with Crippen molar-refractivity contribution in [2.75, 3.05) is 0 Å². The number of hydrogen-bond donors (Lipinski definition) is 1. The molecule has 0 aliphatic heterocycles. The third-order valence-corrected chi connectivity index (χ3v) is 10.3. The van der Waals surface area contributed by atoms with E-state index in [4.69, 9.17) is 0 Å². The highest BCUT2D eigenvalue weighted by molar-refractivity contribution is 5.84. The summed E-state index contributed by atoms with van der Waals surface area (Å²) in [5.41, 5.74) is 1.51. The number of aliphatic hydroxyl groups is 1. The van der Waals surface area contributed by atoms with E-state index in [-0.39, 0.29) is 11.3 Å². The molecule has 0 radical (unpaired) electrons. The van der Waals surface area contributed by atoms with Crippen LogP contribution in [0.4, 0.5) is 0 Å². The van der Waals surface area contributed by atoms with Gasteiger partial charge in [-0.2, -0.15) is 5.10 Å². The Morgan fingerprint density at radius 3 is 2.81 bits per heavy atom. The van der Waals surface area contributed by atoms with Gasteiger partial charge in [0.15, 0.2) is 5.78 Å². The van der Waals surface area contributed by atoms with Crippen molar-refractivity contribution >= 4 is 16.8 Å². The van der Waals surface area contributed by atoms with Crippen LogP contribution in [-0.4, -0.2) is 31.3 Å². The fourth-order valence-electron chi connectivity index (χ4n) is 8.91. The molecule has 1 N–H and O–H groups in total. The minimum Gasteiger partial charge on any atom is -0.390 e. The first-order valence-electron chi connectivity index (χ1n) is 12.9. The topological polar surface area (TPSA) is 68.0 Å². The highest BCUT2D eigenvalue weighted by Gasteiger charge is 2.58. The summed E-state index contributed by atoms with van der Waals surface area (Å²) in [7, 11) is 0. The molecule has 2 aromatic heterocycles. The minimum absolute atomic E-state index is 0.145. The largest absolute Gasteiger partial charge is 0.390 e. The van der Waals surface area contributed by atoms with Gasteiger partial charge in [-0.1, -0.05) is 6.92 Å². The van der Waals surface area contributed by atoms with Crippen LogP contribution >= 0.6 is 0 Å². The van der Waals surface area contributed by atoms with Crippen LogP contribution in [0.2, 0.25) is 0 Å². The van der Waals surface area contributed by atoms with Gasteiger partial charge in [0.1, 0.15) is 12.1 Å². The first-order valence-corrected chi connectivity index (χ1v) is 12.9. The first-order chi connectivity index (χ1) is 15.4. The SMILES string of the molecule is C[C@@]1(O)CC[C@H]2[C@H](CC[C@@H]3[C@@H]2CC[C@]2(C)[C@@H](C(=O)Cn4ncc5ncccc54)CC[C@@H]32)C1. The molecule has 2 heterocycles. The van der Waals surface area contributed by atoms with Crippen LogP contribution in [0.1, 0.15) is 71.6 Å². The standard InChI is InChI=1S/C27H37N3O2/c1-26(32)11-9-18-17(14-26)5-6-20-19(18)10-12-27(2)21(20)7-8-22(27)25(31)16-30-24-4-3-13-28-23(24)15-29-30/h3-4,13,15,17-22,32H,5-12,14,16H2,1-2H3/t17-,18+,19-,20-,21+,22-,26-,27+/m1/s1. The quantitative estimate of drug-likeness (QED) is 0.735. The van der Waals surface area contributed by atoms with Gasteiger partial charge in [-0.05, 0) is 112 Å². The maximum atomic E-state index is 13.6. The zero-order chi connectivity index (χ0) is 22.1. The Morgan fingerprint density at radius 1 is 1.09 bits per heavy atom. The van der Waals surface area contributed by atoms with E-state index in [0.29, 0.717) is 24.2 Å². The van der Waals surface area contributed by atoms with Crippen molar-refractivity contribution in [2.45, 2.75) is 83.8 Å². The molecule has 5 nitrogen and oxygen atoms in total. The number of rotatable bonds is 3. The molecule has 0 saturated heterocycles. The van der Waals surface area contributed by atoms with Crippen LogP contribution in [0.5, 0.6) is 0 Å². The lowest BCUT2D eigenvalue weighted by Crippen LogP contribution is -2.51. The smallest absolute Gasteiger partial charge is 0.157 e. The molecular formula is C27H37N3O2. The minimum atomic E-state index is -0.450. The Hall–Kier alpha value is -1.75. The monoisotopic (exact) mass is 435 g/mol. The van der Waals surface area contributed by atoms with Crippen molar-refractivity contribution < 1.29 is 9.90 Å². The second kappa shape index (κ2) is 7.38. The predicted molar refractivity (Wildman–Crippen MR) is 124 cm³/mol. The highest BCUT2D eigenvalue weighted by Crippen LogP contribution is 2.64. The number of carbonyl (C=O) groups excluding carboxylic acids is 1. The van der Waals surface area contributed by atoms with E-state index < -0.39 is 5.60 Å². The Bertz CT molecular complexity index is 1030. The van der Waals surface area contributed by atoms with Crippen molar-refractivity contribution in [2.24, 2.45) is 40.9 Å². The normalized spacial score (nSPS) is 43.5. The van der Waals surface area contributed by atoms with Crippen molar-refractivity contribution in [3.63, 3.8) is 0 Å². The van der Waals surface area contributed by atoms with Crippen LogP contribution in [-0.2, 0) is 11.3 Å². The average Bonchev–Trinajstić information content (AvgIpc) is 3.33. The van der Waals surface area contributed by atoms with Gasteiger partial charge in [0.05, 0.1) is 17.3 Å². The Morgan fingerprint density at radius 2 is 1.94 bits per heavy atom. The predicted octanol–water partition coefficient (Wildman–Crippen LogP) is 5.02. The maximum absolute atomic E-state index is 13.6. The van der Waals surface area contributed by atoms with Crippen LogP contribution in [0.25, 0.3) is 11.0 Å². The van der Waals surface area contributed by atoms with E-state index in [1.54, 1.807) is 12.4 Å². The maximum Gasteiger partial charge on any atom is 0.157 e. The molecule has 0 aromatic carbocycles. The van der Waals surface area contributed by atoms with Gasteiger partial charge < -0.3 is 5.11 Å². The summed E-state index contributed by atoms with van der Waals surface area (Å²) < 4.78 is 1.85. The molecule has 4 fully saturated rings. The van der Waals surface area contributed by atoms with E-state index in [0.717, 1.165) is 48.0 Å². The van der Waals surface area contributed by atoms with Crippen LogP contribution in [0, 0.1) is 40.9 Å². The number of aromatic nitrogens is 3. The first kappa shape index (κ1) is 20.8. The van der Waals surface area contributed by atoms with Gasteiger partial charge >= 0.3 is 0 Å². The van der Waals surface area contributed by atoms with Gasteiger partial charge in [0.2, 0.25) is 0 Å². The number of fused-ring (bicyclic) bond motifs is 6. The van der Waals surface area contributed by atoms with Crippen LogP contribution in [0.3, 0.4) is 0 Å². The van der Waals surface area contributed by atoms with Gasteiger partial charge in [0.25, 0.3) is 0 Å². The number of ketones is 1. The summed E-state index contributed by atoms with van der Waals surface area (Å²) >= 11 is 0. The number of Topliss-reactive ketones (excluding diaryl/α,β-unsaturated/α-hetero) is 1. The molecular weight excluding hydrogens is 398 g/mol. The number of hydrogen-bond acceptors (Lipinski definition) is 4. The Balaban J connectivity index is 1.20. The molecule has 4 aliphatic rings. The van der Waals surface area contributed by atoms with Gasteiger partial charge in [-0.3, -0.25) is 14.5 Å². The lowest BCUT2D eigenvalue weighted by atomic mass is 9.49. The van der Waals surface area contributed by atoms with Crippen molar-refractivity contribution in [3.8, 4) is 0 Å². The number of nitrogens with zero attached hydrogens (tertiary/aromatic N) is 3. The number of carbonyl (C=O) groups is 1. The van der Waals surface area contributed by atoms with Crippen molar-refractivity contribution in [3.05, 3.63) is 24.5 Å². The zero-order valence-corrected chi connectivity index (χ0v) is 19.5. The van der Waals surface area contributed by atoms with E-state index in [9.17, 15) is 9.90 Å². The molecule has 5 heteroatoms. The van der Waals surface area contributed by atoms with E-state index >= 15 is 0 Å². The molecule has 4 saturated carbocycles. The lowest BCUT2D eigenvalue weighted by molar-refractivity contribution is -0.133. The van der Waals surface area contributed by atoms with Crippen molar-refractivity contribution in [1.82, 2.24) is 14.8 Å². The van der Waals surface area contributed by atoms with E-state index in [1.807, 2.05) is 23.7 Å². The second-order valence-corrected chi connectivity index (χ2v) is 12.0. The molecule has 2 aromatic rings. The summed E-state index contributed by atoms with van der Waals surface area (Å²) in [5.74, 6) is 4.33. The molecule has 4 aliphatic carbocycles. The highest BCUT2D eigenvalue weighted by atomic mass is 16.3. The summed E-state index contributed by atoms with van der Waals surface area (Å²) in [6.45, 7) is 4.85. The fraction of sp³-hybridized carbons (Fsp3) is 0.741. The summed E-state index contributed by atoms with van der Waals surface area (Å²) in [5, 5.41) is 15.1. The molecule has 0 spiro atoms. The molecule has 8 atom stereocenters. The van der Waals surface area contributed by atoms with E-state index in [1.165, 1.54) is 38.5 Å². The van der Waals surface area contributed by atoms with Gasteiger partial charge in [-0.15, -0.1) is 0 Å². The van der Waals surface area contributed by atoms with Gasteiger partial charge in [0, 0.05) is 12.1 Å². The molecule has 0 amide bonds. The average molecular weight is 436 g/mol. The lowest BCUT2D eigenvalue weighted by Gasteiger charge is -2.56. The summed E-state index contributed by atoms with van der Waals surface area (Å²) in [6.07, 6.45) is 14.0. The summed E-state index contributed by atoms with van der Waals surface area (Å²) in [4.78, 5) is 17.9. The summed E-state index contributed by atoms with van der Waals surface area (Å²) in [6, 6.07) is 3.92. The van der Waals surface area contributed by atoms with Crippen LogP contribution < -0.4 is 0 Å². The van der Waals surface area contributed by atoms with Crippen LogP contribution in [0.15, 0.2) is 24.5 Å². The molecule has 172 valence electrons. The Labute approximate surface area is 191 Å². The van der Waals surface area contributed by atoms with E-state index in [2.05, 4.69) is 17.0 Å². The molecule has 6 rings (SSSR count). The van der Waals surface area contributed by atoms with Gasteiger partial charge in [-0.25, -0.2) is 0 Å². The third-order valence-electron chi connectivity index (χ3n) is 10.3. The van der Waals surface area contributed by atoms with Crippen molar-refractivity contribution in [1.29, 1.82) is 0 Å².